The second-order valence-electron chi connectivity index (χ2n) is 6.60. The number of nitrogens with zero attached hydrogens (tertiary/aromatic N) is 2. The molecule has 0 saturated carbocycles. The molecule has 138 valence electrons. The van der Waals surface area contributed by atoms with Crippen molar-refractivity contribution in [3.63, 3.8) is 0 Å². The second kappa shape index (κ2) is 8.66. The summed E-state index contributed by atoms with van der Waals surface area (Å²) in [4.78, 5) is 29.9. The second-order valence-corrected chi connectivity index (χ2v) is 6.60. The van der Waals surface area contributed by atoms with Gasteiger partial charge >= 0.3 is 6.03 Å². The van der Waals surface area contributed by atoms with Crippen LogP contribution in [-0.4, -0.2) is 48.8 Å². The molecule has 1 saturated heterocycles. The van der Waals surface area contributed by atoms with Gasteiger partial charge in [0, 0.05) is 25.8 Å². The van der Waals surface area contributed by atoms with E-state index in [1.807, 2.05) is 32.9 Å². The van der Waals surface area contributed by atoms with Gasteiger partial charge in [-0.3, -0.25) is 4.79 Å². The van der Waals surface area contributed by atoms with Crippen LogP contribution in [0.1, 0.15) is 26.3 Å². The third-order valence-electron chi connectivity index (χ3n) is 4.09. The molecule has 1 aliphatic heterocycles. The Bertz CT molecular complexity index is 590. The molecule has 8 heteroatoms. The van der Waals surface area contributed by atoms with E-state index in [0.29, 0.717) is 13.2 Å². The Kier molecular flexibility index (Phi) is 6.58. The quantitative estimate of drug-likeness (QED) is 0.697. The number of hydrogen-bond donors (Lipinski definition) is 3. The molecule has 0 spiro atoms. The average molecular weight is 349 g/mol. The number of hydrogen-bond acceptors (Lipinski definition) is 5. The fraction of sp³-hybridized carbons (Fsp3) is 0.588. The smallest absolute Gasteiger partial charge is 0.312 e. The van der Waals surface area contributed by atoms with E-state index in [2.05, 4.69) is 20.5 Å². The topological polar surface area (TPSA) is 110 Å². The van der Waals surface area contributed by atoms with Gasteiger partial charge in [0.05, 0.1) is 12.7 Å². The van der Waals surface area contributed by atoms with Gasteiger partial charge in [0.2, 0.25) is 5.91 Å². The first kappa shape index (κ1) is 19.0. The Hall–Kier alpha value is -2.35. The minimum Gasteiger partial charge on any atom is -0.375 e. The highest BCUT2D eigenvalue weighted by Gasteiger charge is 2.23. The van der Waals surface area contributed by atoms with Crippen LogP contribution in [0.2, 0.25) is 0 Å². The zero-order valence-electron chi connectivity index (χ0n) is 15.0. The first-order chi connectivity index (χ1) is 11.9. The molecule has 25 heavy (non-hydrogen) atoms. The summed E-state index contributed by atoms with van der Waals surface area (Å²) in [7, 11) is 0. The molecule has 0 aromatic carbocycles. The van der Waals surface area contributed by atoms with Crippen LogP contribution in [0.4, 0.5) is 10.6 Å². The fourth-order valence-electron chi connectivity index (χ4n) is 2.72. The van der Waals surface area contributed by atoms with E-state index in [1.165, 1.54) is 0 Å². The van der Waals surface area contributed by atoms with Crippen molar-refractivity contribution in [2.75, 3.05) is 24.6 Å². The number of urea groups is 1. The van der Waals surface area contributed by atoms with Gasteiger partial charge in [-0.25, -0.2) is 9.78 Å². The van der Waals surface area contributed by atoms with Gasteiger partial charge < -0.3 is 26.0 Å². The number of nitrogens with one attached hydrogen (secondary N) is 2. The third-order valence-corrected chi connectivity index (χ3v) is 4.09. The maximum Gasteiger partial charge on any atom is 0.312 e. The Morgan fingerprint density at radius 1 is 1.44 bits per heavy atom. The average Bonchev–Trinajstić information content (AvgIpc) is 2.57. The molecule has 1 aliphatic rings. The number of carbonyl (C=O) groups is 2. The minimum absolute atomic E-state index is 0.0590. The number of carbonyl (C=O) groups excluding carboxylic acids is 2. The molecule has 2 unspecified atom stereocenters. The number of anilines is 1. The molecule has 3 amide bonds. The molecular weight excluding hydrogens is 322 g/mol. The lowest BCUT2D eigenvalue weighted by Gasteiger charge is -2.32. The SMILES string of the molecule is CC1CN(c2ccc(CNC(=O)C(NC(N)=O)C(C)C)cn2)CCO1. The van der Waals surface area contributed by atoms with Crippen molar-refractivity contribution in [2.24, 2.45) is 11.7 Å². The van der Waals surface area contributed by atoms with Crippen LogP contribution >= 0.6 is 0 Å². The molecule has 1 aromatic rings. The molecule has 4 N–H and O–H groups in total. The van der Waals surface area contributed by atoms with Crippen LogP contribution in [0.3, 0.4) is 0 Å². The van der Waals surface area contributed by atoms with E-state index in [1.54, 1.807) is 6.20 Å². The Morgan fingerprint density at radius 2 is 2.20 bits per heavy atom. The Labute approximate surface area is 148 Å². The number of primary amides is 1. The number of morpholine rings is 1. The van der Waals surface area contributed by atoms with E-state index >= 15 is 0 Å². The van der Waals surface area contributed by atoms with E-state index in [-0.39, 0.29) is 17.9 Å². The first-order valence-corrected chi connectivity index (χ1v) is 8.52. The maximum atomic E-state index is 12.2. The van der Waals surface area contributed by atoms with Crippen LogP contribution in [-0.2, 0) is 16.1 Å². The molecule has 0 bridgehead atoms. The van der Waals surface area contributed by atoms with Gasteiger partial charge in [-0.15, -0.1) is 0 Å². The van der Waals surface area contributed by atoms with E-state index < -0.39 is 12.1 Å². The first-order valence-electron chi connectivity index (χ1n) is 8.52. The molecule has 1 fully saturated rings. The molecule has 0 radical (unpaired) electrons. The highest BCUT2D eigenvalue weighted by atomic mass is 16.5. The lowest BCUT2D eigenvalue weighted by molar-refractivity contribution is -0.124. The van der Waals surface area contributed by atoms with Crippen molar-refractivity contribution in [3.05, 3.63) is 23.9 Å². The minimum atomic E-state index is -0.709. The molecule has 2 rings (SSSR count). The number of pyridine rings is 1. The summed E-state index contributed by atoms with van der Waals surface area (Å²) in [6.45, 7) is 8.42. The zero-order chi connectivity index (χ0) is 18.4. The monoisotopic (exact) mass is 349 g/mol. The third kappa shape index (κ3) is 5.60. The highest BCUT2D eigenvalue weighted by molar-refractivity contribution is 5.86. The summed E-state index contributed by atoms with van der Waals surface area (Å²) < 4.78 is 5.53. The maximum absolute atomic E-state index is 12.2. The Morgan fingerprint density at radius 3 is 2.76 bits per heavy atom. The predicted molar refractivity (Wildman–Crippen MR) is 95.1 cm³/mol. The van der Waals surface area contributed by atoms with Gasteiger partial charge in [0.15, 0.2) is 0 Å². The van der Waals surface area contributed by atoms with Gasteiger partial charge in [0.25, 0.3) is 0 Å². The van der Waals surface area contributed by atoms with Gasteiger partial charge in [-0.1, -0.05) is 19.9 Å². The van der Waals surface area contributed by atoms with Crippen LogP contribution in [0, 0.1) is 5.92 Å². The number of nitrogens with two attached hydrogens (primary N) is 1. The lowest BCUT2D eigenvalue weighted by Crippen LogP contribution is -2.51. The van der Waals surface area contributed by atoms with Crippen molar-refractivity contribution in [2.45, 2.75) is 39.5 Å². The van der Waals surface area contributed by atoms with Crippen molar-refractivity contribution in [3.8, 4) is 0 Å². The standard InChI is InChI=1S/C17H27N5O3/c1-11(2)15(21-17(18)24)16(23)20-9-13-4-5-14(19-8-13)22-6-7-25-12(3)10-22/h4-5,8,11-12,15H,6-7,9-10H2,1-3H3,(H,20,23)(H3,18,21,24). The van der Waals surface area contributed by atoms with Crippen LogP contribution in [0.25, 0.3) is 0 Å². The summed E-state index contributed by atoms with van der Waals surface area (Å²) in [5.41, 5.74) is 6.01. The van der Waals surface area contributed by atoms with Gasteiger partial charge in [-0.2, -0.15) is 0 Å². The van der Waals surface area contributed by atoms with Crippen LogP contribution < -0.4 is 21.3 Å². The summed E-state index contributed by atoms with van der Waals surface area (Å²) in [6.07, 6.45) is 1.95. The summed E-state index contributed by atoms with van der Waals surface area (Å²) in [5.74, 6) is 0.580. The Balaban J connectivity index is 1.90. The van der Waals surface area contributed by atoms with Crippen LogP contribution in [0.15, 0.2) is 18.3 Å². The van der Waals surface area contributed by atoms with Crippen molar-refractivity contribution in [1.29, 1.82) is 0 Å². The number of aromatic nitrogens is 1. The lowest BCUT2D eigenvalue weighted by atomic mass is 10.0. The molecule has 2 atom stereocenters. The van der Waals surface area contributed by atoms with Crippen molar-refractivity contribution >= 4 is 17.8 Å². The van der Waals surface area contributed by atoms with Crippen molar-refractivity contribution < 1.29 is 14.3 Å². The normalized spacial score (nSPS) is 18.7. The van der Waals surface area contributed by atoms with Gasteiger partial charge in [0.1, 0.15) is 11.9 Å². The molecular formula is C17H27N5O3. The zero-order valence-corrected chi connectivity index (χ0v) is 15.0. The summed E-state index contributed by atoms with van der Waals surface area (Å²) in [5, 5.41) is 5.27. The molecule has 8 nitrogen and oxygen atoms in total. The van der Waals surface area contributed by atoms with E-state index in [9.17, 15) is 9.59 Å². The number of amides is 3. The number of rotatable bonds is 6. The molecule has 0 aliphatic carbocycles. The number of ether oxygens (including phenoxy) is 1. The van der Waals surface area contributed by atoms with Gasteiger partial charge in [-0.05, 0) is 24.5 Å². The molecule has 1 aromatic heterocycles. The molecule has 2 heterocycles. The van der Waals surface area contributed by atoms with Crippen LogP contribution in [0.5, 0.6) is 0 Å². The largest absolute Gasteiger partial charge is 0.375 e. The van der Waals surface area contributed by atoms with E-state index in [0.717, 1.165) is 24.5 Å². The van der Waals surface area contributed by atoms with Crippen molar-refractivity contribution in [1.82, 2.24) is 15.6 Å². The fourth-order valence-corrected chi connectivity index (χ4v) is 2.72. The predicted octanol–water partition coefficient (Wildman–Crippen LogP) is 0.616. The summed E-state index contributed by atoms with van der Waals surface area (Å²) in [6, 6.07) is 2.52. The summed E-state index contributed by atoms with van der Waals surface area (Å²) >= 11 is 0. The van der Waals surface area contributed by atoms with E-state index in [4.69, 9.17) is 10.5 Å². The highest BCUT2D eigenvalue weighted by Crippen LogP contribution is 2.15.